The molecule has 3 amide bonds. The fourth-order valence-electron chi connectivity index (χ4n) is 1.91. The van der Waals surface area contributed by atoms with E-state index in [1.165, 1.54) is 6.92 Å². The van der Waals surface area contributed by atoms with E-state index in [1.807, 2.05) is 10.9 Å². The van der Waals surface area contributed by atoms with Crippen LogP contribution in [0.25, 0.3) is 0 Å². The predicted molar refractivity (Wildman–Crippen MR) is 69.3 cm³/mol. The lowest BCUT2D eigenvalue weighted by molar-refractivity contribution is -0.132. The predicted octanol–water partition coefficient (Wildman–Crippen LogP) is -2.01. The van der Waals surface area contributed by atoms with E-state index in [-0.39, 0.29) is 19.4 Å². The van der Waals surface area contributed by atoms with Crippen LogP contribution in [0.15, 0.2) is 0 Å². The van der Waals surface area contributed by atoms with Crippen molar-refractivity contribution in [2.45, 2.75) is 31.8 Å². The van der Waals surface area contributed by atoms with E-state index in [9.17, 15) is 22.8 Å². The van der Waals surface area contributed by atoms with E-state index < -0.39 is 40.4 Å². The molecule has 0 saturated carbocycles. The van der Waals surface area contributed by atoms with Gasteiger partial charge in [-0.15, -0.1) is 0 Å². The van der Waals surface area contributed by atoms with Crippen LogP contribution in [-0.2, 0) is 24.3 Å². The largest absolute Gasteiger partial charge is 0.465 e. The first-order chi connectivity index (χ1) is 10.1. The lowest BCUT2D eigenvalue weighted by Crippen LogP contribution is -2.59. The minimum Gasteiger partial charge on any atom is -0.465 e. The zero-order valence-corrected chi connectivity index (χ0v) is 12.3. The molecular formula is C9H16N4O8S. The van der Waals surface area contributed by atoms with Crippen LogP contribution in [0.2, 0.25) is 0 Å². The van der Waals surface area contributed by atoms with Crippen molar-refractivity contribution in [2.75, 3.05) is 6.54 Å². The molecule has 1 fully saturated rings. The van der Waals surface area contributed by atoms with E-state index in [4.69, 9.17) is 9.66 Å². The van der Waals surface area contributed by atoms with Gasteiger partial charge in [-0.05, 0) is 12.8 Å². The van der Waals surface area contributed by atoms with Gasteiger partial charge in [0.25, 0.3) is 5.91 Å². The Morgan fingerprint density at radius 1 is 1.23 bits per heavy atom. The van der Waals surface area contributed by atoms with Gasteiger partial charge in [-0.25, -0.2) is 4.79 Å². The van der Waals surface area contributed by atoms with Crippen LogP contribution in [0, 0.1) is 0 Å². The number of hydrogen-bond acceptors (Lipinski definition) is 7. The van der Waals surface area contributed by atoms with Crippen LogP contribution in [0.5, 0.6) is 0 Å². The molecule has 0 spiro atoms. The number of carbonyl (C=O) groups excluding carboxylic acids is 2. The summed E-state index contributed by atoms with van der Waals surface area (Å²) in [6.07, 6.45) is -1.14. The third-order valence-electron chi connectivity index (χ3n) is 2.81. The molecule has 1 rings (SSSR count). The van der Waals surface area contributed by atoms with Crippen LogP contribution in [0.1, 0.15) is 19.8 Å². The molecule has 22 heavy (non-hydrogen) atoms. The highest BCUT2D eigenvalue weighted by Gasteiger charge is 2.36. The first-order valence-corrected chi connectivity index (χ1v) is 7.44. The highest BCUT2D eigenvalue weighted by Crippen LogP contribution is 2.18. The van der Waals surface area contributed by atoms with E-state index in [2.05, 4.69) is 9.71 Å². The summed E-state index contributed by atoms with van der Waals surface area (Å²) < 4.78 is 33.3. The molecule has 0 aromatic rings. The van der Waals surface area contributed by atoms with Gasteiger partial charge < -0.3 is 5.11 Å². The molecule has 0 aromatic carbocycles. The molecular weight excluding hydrogens is 324 g/mol. The summed E-state index contributed by atoms with van der Waals surface area (Å²) in [6.45, 7) is 0.922. The molecule has 13 heteroatoms. The van der Waals surface area contributed by atoms with Crippen molar-refractivity contribution in [3.63, 3.8) is 0 Å². The molecule has 126 valence electrons. The van der Waals surface area contributed by atoms with Crippen LogP contribution in [-0.4, -0.2) is 59.5 Å². The molecule has 12 nitrogen and oxygen atoms in total. The van der Waals surface area contributed by atoms with Gasteiger partial charge in [-0.1, -0.05) is 0 Å². The first kappa shape index (κ1) is 18.1. The number of hydrazine groups is 1. The lowest BCUT2D eigenvalue weighted by Gasteiger charge is -2.36. The summed E-state index contributed by atoms with van der Waals surface area (Å²) in [7, 11) is -4.71. The van der Waals surface area contributed by atoms with E-state index in [0.29, 0.717) is 0 Å². The number of likely N-dealkylation sites (tertiary alicyclic amines) is 1. The SMILES string of the molecule is CC(=O)NNC(=O)[C@@H]1CC[C@@H](NOS(=O)(=O)O)CN1C(=O)O. The quantitative estimate of drug-likeness (QED) is 0.286. The van der Waals surface area contributed by atoms with Gasteiger partial charge in [0, 0.05) is 13.5 Å². The maximum atomic E-state index is 11.8. The normalized spacial score (nSPS) is 22.0. The van der Waals surface area contributed by atoms with Gasteiger partial charge in [0.1, 0.15) is 6.04 Å². The number of hydroxylamine groups is 1. The average Bonchev–Trinajstić information content (AvgIpc) is 2.41. The number of rotatable bonds is 4. The van der Waals surface area contributed by atoms with Crippen molar-refractivity contribution < 1.29 is 36.7 Å². The van der Waals surface area contributed by atoms with Gasteiger partial charge in [-0.2, -0.15) is 18.2 Å². The maximum Gasteiger partial charge on any atom is 0.413 e. The van der Waals surface area contributed by atoms with Gasteiger partial charge in [-0.3, -0.25) is 29.9 Å². The number of hydrogen-bond donors (Lipinski definition) is 5. The molecule has 0 bridgehead atoms. The number of amides is 3. The van der Waals surface area contributed by atoms with E-state index >= 15 is 0 Å². The maximum absolute atomic E-state index is 11.8. The summed E-state index contributed by atoms with van der Waals surface area (Å²) in [5.74, 6) is -1.24. The van der Waals surface area contributed by atoms with E-state index in [1.54, 1.807) is 0 Å². The Morgan fingerprint density at radius 2 is 1.86 bits per heavy atom. The van der Waals surface area contributed by atoms with Gasteiger partial charge >= 0.3 is 16.5 Å². The summed E-state index contributed by atoms with van der Waals surface area (Å²) in [6, 6.07) is -1.78. The van der Waals surface area contributed by atoms with Crippen LogP contribution < -0.4 is 16.3 Å². The molecule has 5 N–H and O–H groups in total. The van der Waals surface area contributed by atoms with Crippen LogP contribution in [0.4, 0.5) is 4.79 Å². The molecule has 0 aliphatic carbocycles. The molecule has 2 atom stereocenters. The summed E-state index contributed by atoms with van der Waals surface area (Å²) in [5.41, 5.74) is 6.14. The van der Waals surface area contributed by atoms with Crippen LogP contribution >= 0.6 is 0 Å². The summed E-state index contributed by atoms with van der Waals surface area (Å²) in [5, 5.41) is 9.10. The Balaban J connectivity index is 2.65. The number of piperidine rings is 1. The number of carboxylic acid groups (broad SMARTS) is 1. The van der Waals surface area contributed by atoms with Crippen molar-refractivity contribution in [2.24, 2.45) is 0 Å². The van der Waals surface area contributed by atoms with Crippen molar-refractivity contribution in [1.82, 2.24) is 21.2 Å². The molecule has 0 unspecified atom stereocenters. The molecule has 1 saturated heterocycles. The fourth-order valence-corrected chi connectivity index (χ4v) is 2.17. The Bertz CT molecular complexity index is 550. The summed E-state index contributed by atoms with van der Waals surface area (Å²) in [4.78, 5) is 34.5. The minimum absolute atomic E-state index is 0.0597. The van der Waals surface area contributed by atoms with Crippen molar-refractivity contribution >= 4 is 28.3 Å². The molecule has 1 aliphatic rings. The molecule has 0 aromatic heterocycles. The average molecular weight is 340 g/mol. The highest BCUT2D eigenvalue weighted by atomic mass is 32.3. The summed E-state index contributed by atoms with van der Waals surface area (Å²) >= 11 is 0. The minimum atomic E-state index is -4.71. The third-order valence-corrected chi connectivity index (χ3v) is 3.12. The van der Waals surface area contributed by atoms with Crippen molar-refractivity contribution in [3.05, 3.63) is 0 Å². The first-order valence-electron chi connectivity index (χ1n) is 6.07. The Hall–Kier alpha value is -1.96. The zero-order valence-electron chi connectivity index (χ0n) is 11.5. The lowest BCUT2D eigenvalue weighted by atomic mass is 9.99. The molecule has 0 radical (unpaired) electrons. The number of nitrogens with one attached hydrogen (secondary N) is 3. The van der Waals surface area contributed by atoms with Gasteiger partial charge in [0.05, 0.1) is 6.04 Å². The number of carbonyl (C=O) groups is 3. The third kappa shape index (κ3) is 5.80. The topological polar surface area (TPSA) is 174 Å². The zero-order chi connectivity index (χ0) is 16.9. The monoisotopic (exact) mass is 340 g/mol. The smallest absolute Gasteiger partial charge is 0.413 e. The second kappa shape index (κ2) is 7.35. The Labute approximate surface area is 125 Å². The number of nitrogens with zero attached hydrogens (tertiary/aromatic N) is 1. The van der Waals surface area contributed by atoms with Crippen LogP contribution in [0.3, 0.4) is 0 Å². The second-order valence-electron chi connectivity index (χ2n) is 4.52. The van der Waals surface area contributed by atoms with Gasteiger partial charge in [0.15, 0.2) is 0 Å². The van der Waals surface area contributed by atoms with E-state index in [0.717, 1.165) is 4.90 Å². The fraction of sp³-hybridized carbons (Fsp3) is 0.667. The van der Waals surface area contributed by atoms with Crippen molar-refractivity contribution in [1.29, 1.82) is 0 Å². The van der Waals surface area contributed by atoms with Gasteiger partial charge in [0.2, 0.25) is 5.91 Å². The molecule has 1 heterocycles. The molecule has 1 aliphatic heterocycles. The second-order valence-corrected chi connectivity index (χ2v) is 5.55. The Kier molecular flexibility index (Phi) is 6.04. The highest BCUT2D eigenvalue weighted by molar-refractivity contribution is 7.80. The van der Waals surface area contributed by atoms with Crippen molar-refractivity contribution in [3.8, 4) is 0 Å². The Morgan fingerprint density at radius 3 is 2.36 bits per heavy atom. The standard InChI is InChI=1S/C9H16N4O8S/c1-5(14)10-11-8(15)7-3-2-6(4-13(7)9(16)17)12-21-22(18,19)20/h6-7,12H,2-4H2,1H3,(H,10,14)(H,11,15)(H,16,17)(H,18,19,20)/t6-,7+/m1/s1.